The minimum Gasteiger partial charge on any atom is -0.497 e. The second-order valence-corrected chi connectivity index (χ2v) is 5.92. The van der Waals surface area contributed by atoms with Crippen LogP contribution in [0.5, 0.6) is 5.75 Å². The van der Waals surface area contributed by atoms with Gasteiger partial charge in [-0.1, -0.05) is 5.16 Å². The number of ether oxygens (including phenoxy) is 2. The van der Waals surface area contributed by atoms with Crippen molar-refractivity contribution in [1.29, 1.82) is 0 Å². The topological polar surface area (TPSA) is 87.3 Å². The van der Waals surface area contributed by atoms with Gasteiger partial charge in [0.15, 0.2) is 6.61 Å². The van der Waals surface area contributed by atoms with E-state index in [0.717, 1.165) is 16.2 Å². The van der Waals surface area contributed by atoms with Crippen LogP contribution in [0.4, 0.5) is 0 Å². The summed E-state index contributed by atoms with van der Waals surface area (Å²) in [5.41, 5.74) is 0.787. The molecule has 0 saturated carbocycles. The molecule has 0 atom stereocenters. The quantitative estimate of drug-likeness (QED) is 0.471. The van der Waals surface area contributed by atoms with E-state index in [1.165, 1.54) is 11.8 Å². The van der Waals surface area contributed by atoms with Crippen molar-refractivity contribution in [2.24, 2.45) is 0 Å². The number of aromatic nitrogens is 3. The number of benzene rings is 1. The van der Waals surface area contributed by atoms with Crippen LogP contribution in [0.1, 0.15) is 5.89 Å². The molecule has 7 nitrogen and oxygen atoms in total. The summed E-state index contributed by atoms with van der Waals surface area (Å²) in [7, 11) is 1.60. The fourth-order valence-corrected chi connectivity index (χ4v) is 2.61. The van der Waals surface area contributed by atoms with Gasteiger partial charge in [-0.3, -0.25) is 9.78 Å². The maximum Gasteiger partial charge on any atom is 0.316 e. The Kier molecular flexibility index (Phi) is 5.63. The van der Waals surface area contributed by atoms with Crippen molar-refractivity contribution in [1.82, 2.24) is 15.1 Å². The molecule has 0 N–H and O–H groups in total. The fourth-order valence-electron chi connectivity index (χ4n) is 1.93. The first-order chi connectivity index (χ1) is 12.2. The Morgan fingerprint density at radius 2 is 1.92 bits per heavy atom. The smallest absolute Gasteiger partial charge is 0.316 e. The lowest BCUT2D eigenvalue weighted by atomic mass is 10.2. The summed E-state index contributed by atoms with van der Waals surface area (Å²) in [5.74, 6) is 1.26. The van der Waals surface area contributed by atoms with Crippen molar-refractivity contribution < 1.29 is 18.8 Å². The van der Waals surface area contributed by atoms with Crippen LogP contribution in [0, 0.1) is 0 Å². The summed E-state index contributed by atoms with van der Waals surface area (Å²) < 4.78 is 15.4. The number of rotatable bonds is 7. The Bertz CT molecular complexity index is 821. The van der Waals surface area contributed by atoms with Gasteiger partial charge < -0.3 is 14.0 Å². The van der Waals surface area contributed by atoms with Gasteiger partial charge in [0.2, 0.25) is 5.82 Å². The summed E-state index contributed by atoms with van der Waals surface area (Å²) >= 11 is 1.38. The van der Waals surface area contributed by atoms with Gasteiger partial charge in [-0.25, -0.2) is 0 Å². The zero-order chi connectivity index (χ0) is 17.5. The molecule has 1 aromatic carbocycles. The number of hydrogen-bond acceptors (Lipinski definition) is 8. The molecular weight excluding hydrogens is 342 g/mol. The second-order valence-electron chi connectivity index (χ2n) is 4.87. The number of methoxy groups -OCH3 is 1. The molecule has 0 saturated heterocycles. The van der Waals surface area contributed by atoms with Crippen molar-refractivity contribution in [2.75, 3.05) is 12.9 Å². The van der Waals surface area contributed by atoms with Crippen LogP contribution < -0.4 is 4.74 Å². The van der Waals surface area contributed by atoms with E-state index in [1.807, 2.05) is 36.4 Å². The summed E-state index contributed by atoms with van der Waals surface area (Å²) in [4.78, 5) is 20.9. The van der Waals surface area contributed by atoms with Crippen LogP contribution in [0.25, 0.3) is 11.4 Å². The van der Waals surface area contributed by atoms with E-state index in [4.69, 9.17) is 14.0 Å². The molecule has 0 unspecified atom stereocenters. The average molecular weight is 357 g/mol. The fraction of sp³-hybridized carbons (Fsp3) is 0.176. The van der Waals surface area contributed by atoms with Crippen molar-refractivity contribution >= 4 is 17.7 Å². The maximum absolute atomic E-state index is 11.8. The van der Waals surface area contributed by atoms with Gasteiger partial charge >= 0.3 is 5.97 Å². The zero-order valence-corrected chi connectivity index (χ0v) is 14.2. The van der Waals surface area contributed by atoms with Gasteiger partial charge in [0, 0.05) is 22.9 Å². The molecule has 0 spiro atoms. The standard InChI is InChI=1S/C17H15N3O4S/c1-22-13-4-2-12(3-5-13)17-19-15(24-20-17)10-23-16(21)11-25-14-6-8-18-9-7-14/h2-9H,10-11H2,1H3. The molecule has 8 heteroatoms. The van der Waals surface area contributed by atoms with Gasteiger partial charge in [-0.15, -0.1) is 11.8 Å². The van der Waals surface area contributed by atoms with Crippen molar-refractivity contribution in [3.63, 3.8) is 0 Å². The predicted octanol–water partition coefficient (Wildman–Crippen LogP) is 2.98. The van der Waals surface area contributed by atoms with E-state index < -0.39 is 0 Å². The van der Waals surface area contributed by atoms with Gasteiger partial charge in [0.1, 0.15) is 5.75 Å². The van der Waals surface area contributed by atoms with Gasteiger partial charge in [-0.05, 0) is 36.4 Å². The van der Waals surface area contributed by atoms with Crippen LogP contribution in [0.15, 0.2) is 58.2 Å². The number of carbonyl (C=O) groups is 1. The normalized spacial score (nSPS) is 10.4. The molecule has 0 amide bonds. The highest BCUT2D eigenvalue weighted by Gasteiger charge is 2.11. The summed E-state index contributed by atoms with van der Waals surface area (Å²) in [5, 5.41) is 3.88. The van der Waals surface area contributed by atoms with E-state index in [-0.39, 0.29) is 24.2 Å². The van der Waals surface area contributed by atoms with Crippen LogP contribution in [0.3, 0.4) is 0 Å². The second kappa shape index (κ2) is 8.29. The summed E-state index contributed by atoms with van der Waals surface area (Å²) in [6.07, 6.45) is 3.35. The van der Waals surface area contributed by atoms with E-state index in [1.54, 1.807) is 19.5 Å². The van der Waals surface area contributed by atoms with Gasteiger partial charge in [-0.2, -0.15) is 4.98 Å². The van der Waals surface area contributed by atoms with Gasteiger partial charge in [0.25, 0.3) is 5.89 Å². The molecule has 25 heavy (non-hydrogen) atoms. The molecule has 0 fully saturated rings. The van der Waals surface area contributed by atoms with Crippen LogP contribution >= 0.6 is 11.8 Å². The molecule has 0 bridgehead atoms. The largest absolute Gasteiger partial charge is 0.497 e. The lowest BCUT2D eigenvalue weighted by molar-refractivity contribution is -0.142. The van der Waals surface area contributed by atoms with Crippen molar-refractivity contribution in [3.05, 3.63) is 54.7 Å². The Morgan fingerprint density at radius 3 is 2.64 bits per heavy atom. The Hall–Kier alpha value is -2.87. The average Bonchev–Trinajstić information content (AvgIpc) is 3.14. The third-order valence-corrected chi connectivity index (χ3v) is 4.16. The van der Waals surface area contributed by atoms with Crippen LogP contribution in [0.2, 0.25) is 0 Å². The minimum absolute atomic E-state index is 0.0567. The highest BCUT2D eigenvalue weighted by atomic mass is 32.2. The van der Waals surface area contributed by atoms with E-state index in [0.29, 0.717) is 5.82 Å². The van der Waals surface area contributed by atoms with E-state index >= 15 is 0 Å². The Morgan fingerprint density at radius 1 is 1.16 bits per heavy atom. The third-order valence-electron chi connectivity index (χ3n) is 3.18. The molecule has 2 heterocycles. The number of hydrogen-bond donors (Lipinski definition) is 0. The van der Waals surface area contributed by atoms with E-state index in [9.17, 15) is 4.79 Å². The Balaban J connectivity index is 1.50. The van der Waals surface area contributed by atoms with Crippen molar-refractivity contribution in [2.45, 2.75) is 11.5 Å². The third kappa shape index (κ3) is 4.80. The lowest BCUT2D eigenvalue weighted by Crippen LogP contribution is -2.07. The molecule has 3 aromatic rings. The van der Waals surface area contributed by atoms with Gasteiger partial charge in [0.05, 0.1) is 12.9 Å². The molecule has 0 aliphatic carbocycles. The number of esters is 1. The predicted molar refractivity (Wildman–Crippen MR) is 91.0 cm³/mol. The molecular formula is C17H15N3O4S. The molecule has 0 aliphatic heterocycles. The number of carbonyl (C=O) groups excluding carboxylic acids is 1. The van der Waals surface area contributed by atoms with Crippen LogP contribution in [-0.4, -0.2) is 34.0 Å². The molecule has 2 aromatic heterocycles. The highest BCUT2D eigenvalue weighted by molar-refractivity contribution is 8.00. The molecule has 0 radical (unpaired) electrons. The maximum atomic E-state index is 11.8. The first-order valence-electron chi connectivity index (χ1n) is 7.40. The number of thioether (sulfide) groups is 1. The number of nitrogens with zero attached hydrogens (tertiary/aromatic N) is 3. The van der Waals surface area contributed by atoms with Crippen LogP contribution in [-0.2, 0) is 16.1 Å². The molecule has 3 rings (SSSR count). The summed E-state index contributed by atoms with van der Waals surface area (Å²) in [6.45, 7) is -0.0567. The van der Waals surface area contributed by atoms with Crippen molar-refractivity contribution in [3.8, 4) is 17.1 Å². The number of pyridine rings is 1. The minimum atomic E-state index is -0.356. The lowest BCUT2D eigenvalue weighted by Gasteiger charge is -2.01. The molecule has 128 valence electrons. The zero-order valence-electron chi connectivity index (χ0n) is 13.4. The summed E-state index contributed by atoms with van der Waals surface area (Å²) in [6, 6.07) is 10.9. The SMILES string of the molecule is COc1ccc(-c2noc(COC(=O)CSc3ccncc3)n2)cc1. The first kappa shape index (κ1) is 17.0. The molecule has 0 aliphatic rings. The van der Waals surface area contributed by atoms with E-state index in [2.05, 4.69) is 15.1 Å². The first-order valence-corrected chi connectivity index (χ1v) is 8.38. The Labute approximate surface area is 148 Å². The highest BCUT2D eigenvalue weighted by Crippen LogP contribution is 2.20. The monoisotopic (exact) mass is 357 g/mol.